The average molecular weight is 450 g/mol. The molecule has 0 aliphatic carbocycles. The molecule has 0 spiro atoms. The zero-order valence-corrected chi connectivity index (χ0v) is 18.8. The molecule has 34 heavy (non-hydrogen) atoms. The Hall–Kier alpha value is -4.58. The van der Waals surface area contributed by atoms with Gasteiger partial charge in [-0.15, -0.1) is 0 Å². The van der Waals surface area contributed by atoms with E-state index in [4.69, 9.17) is 9.47 Å². The van der Waals surface area contributed by atoms with Crippen LogP contribution in [0.4, 0.5) is 0 Å². The predicted molar refractivity (Wildman–Crippen MR) is 131 cm³/mol. The van der Waals surface area contributed by atoms with E-state index in [2.05, 4.69) is 0 Å². The highest BCUT2D eigenvalue weighted by molar-refractivity contribution is 6.15. The number of aromatic nitrogens is 2. The number of benzene rings is 2. The first-order valence-electron chi connectivity index (χ1n) is 10.8. The van der Waals surface area contributed by atoms with Crippen molar-refractivity contribution in [3.8, 4) is 28.3 Å². The van der Waals surface area contributed by atoms with Crippen molar-refractivity contribution in [1.29, 1.82) is 0 Å². The van der Waals surface area contributed by atoms with Gasteiger partial charge in [0.2, 0.25) is 5.78 Å². The topological polar surface area (TPSA) is 61.9 Å². The van der Waals surface area contributed by atoms with E-state index in [0.29, 0.717) is 34.0 Å². The monoisotopic (exact) mass is 450 g/mol. The van der Waals surface area contributed by atoms with Gasteiger partial charge in [-0.05, 0) is 60.2 Å². The SMILES string of the molecule is COc1ccc(C(=O)c2c(-c3ccc(OC)cc3)c(-n3ccccc3=O)c3ccccn23)cc1. The number of carbonyl (C=O) groups is 1. The third-order valence-corrected chi connectivity index (χ3v) is 5.83. The van der Waals surface area contributed by atoms with Gasteiger partial charge in [0.1, 0.15) is 17.2 Å². The normalized spacial score (nSPS) is 10.9. The molecule has 0 atom stereocenters. The van der Waals surface area contributed by atoms with E-state index in [0.717, 1.165) is 11.1 Å². The number of nitrogens with zero attached hydrogens (tertiary/aromatic N) is 2. The highest BCUT2D eigenvalue weighted by Gasteiger charge is 2.26. The molecule has 6 heteroatoms. The lowest BCUT2D eigenvalue weighted by atomic mass is 9.98. The van der Waals surface area contributed by atoms with Crippen molar-refractivity contribution in [1.82, 2.24) is 8.97 Å². The molecule has 0 saturated heterocycles. The van der Waals surface area contributed by atoms with E-state index in [9.17, 15) is 9.59 Å². The summed E-state index contributed by atoms with van der Waals surface area (Å²) in [6, 6.07) is 25.2. The molecule has 0 unspecified atom stereocenters. The van der Waals surface area contributed by atoms with Gasteiger partial charge in [0.25, 0.3) is 5.56 Å². The molecule has 3 aromatic heterocycles. The fourth-order valence-corrected chi connectivity index (χ4v) is 4.18. The summed E-state index contributed by atoms with van der Waals surface area (Å²) in [6.07, 6.45) is 3.57. The van der Waals surface area contributed by atoms with Crippen LogP contribution in [-0.4, -0.2) is 29.0 Å². The molecule has 0 amide bonds. The van der Waals surface area contributed by atoms with Gasteiger partial charge in [-0.3, -0.25) is 14.2 Å². The third kappa shape index (κ3) is 3.55. The van der Waals surface area contributed by atoms with Gasteiger partial charge in [-0.25, -0.2) is 0 Å². The molecule has 0 fully saturated rings. The average Bonchev–Trinajstić information content (AvgIpc) is 3.23. The summed E-state index contributed by atoms with van der Waals surface area (Å²) in [4.78, 5) is 26.8. The van der Waals surface area contributed by atoms with Crippen molar-refractivity contribution in [2.45, 2.75) is 0 Å². The van der Waals surface area contributed by atoms with Crippen LogP contribution < -0.4 is 15.0 Å². The maximum absolute atomic E-state index is 13.9. The van der Waals surface area contributed by atoms with E-state index in [1.165, 1.54) is 6.07 Å². The molecular weight excluding hydrogens is 428 g/mol. The summed E-state index contributed by atoms with van der Waals surface area (Å²) in [5.41, 5.74) is 3.67. The molecule has 0 bridgehead atoms. The standard InChI is InChI=1S/C28H22N2O4/c1-33-21-13-9-19(10-14-21)25-26(30-18-6-4-8-24(30)31)23-7-3-5-17-29(23)27(25)28(32)20-11-15-22(34-2)16-12-20/h3-18H,1-2H3. The molecule has 3 heterocycles. The Kier molecular flexibility index (Phi) is 5.47. The Balaban J connectivity index is 1.86. The third-order valence-electron chi connectivity index (χ3n) is 5.83. The molecule has 0 N–H and O–H groups in total. The van der Waals surface area contributed by atoms with Crippen LogP contribution in [0, 0.1) is 0 Å². The quantitative estimate of drug-likeness (QED) is 0.342. The van der Waals surface area contributed by atoms with E-state index in [1.54, 1.807) is 61.4 Å². The number of rotatable bonds is 6. The lowest BCUT2D eigenvalue weighted by Gasteiger charge is -2.11. The van der Waals surface area contributed by atoms with Gasteiger partial charge in [0, 0.05) is 29.6 Å². The van der Waals surface area contributed by atoms with Crippen molar-refractivity contribution in [3.05, 3.63) is 119 Å². The minimum atomic E-state index is -0.183. The summed E-state index contributed by atoms with van der Waals surface area (Å²) < 4.78 is 14.0. The van der Waals surface area contributed by atoms with E-state index in [-0.39, 0.29) is 11.3 Å². The van der Waals surface area contributed by atoms with Crippen molar-refractivity contribution >= 4 is 11.3 Å². The first kappa shape index (κ1) is 21.3. The van der Waals surface area contributed by atoms with Crippen LogP contribution in [0.3, 0.4) is 0 Å². The highest BCUT2D eigenvalue weighted by atomic mass is 16.5. The number of hydrogen-bond donors (Lipinski definition) is 0. The smallest absolute Gasteiger partial charge is 0.255 e. The van der Waals surface area contributed by atoms with E-state index in [1.807, 2.05) is 53.1 Å². The molecule has 168 valence electrons. The zero-order chi connectivity index (χ0) is 23.7. The first-order valence-corrected chi connectivity index (χ1v) is 10.8. The first-order chi connectivity index (χ1) is 16.6. The Labute approximate surface area is 196 Å². The van der Waals surface area contributed by atoms with Crippen LogP contribution in [-0.2, 0) is 0 Å². The fraction of sp³-hybridized carbons (Fsp3) is 0.0714. The molecule has 0 radical (unpaired) electrons. The van der Waals surface area contributed by atoms with Gasteiger partial charge in [-0.1, -0.05) is 24.3 Å². The zero-order valence-electron chi connectivity index (χ0n) is 18.8. The summed E-state index contributed by atoms with van der Waals surface area (Å²) in [5, 5.41) is 0. The summed E-state index contributed by atoms with van der Waals surface area (Å²) in [5.74, 6) is 1.21. The molecule has 2 aromatic carbocycles. The number of ketones is 1. The summed E-state index contributed by atoms with van der Waals surface area (Å²) in [7, 11) is 3.19. The lowest BCUT2D eigenvalue weighted by Crippen LogP contribution is -2.16. The molecule has 5 rings (SSSR count). The van der Waals surface area contributed by atoms with Crippen molar-refractivity contribution in [2.24, 2.45) is 0 Å². The number of fused-ring (bicyclic) bond motifs is 1. The molecule has 0 aliphatic rings. The minimum absolute atomic E-state index is 0.162. The molecule has 0 aliphatic heterocycles. The minimum Gasteiger partial charge on any atom is -0.497 e. The molecule has 0 saturated carbocycles. The maximum atomic E-state index is 13.9. The number of methoxy groups -OCH3 is 2. The second kappa shape index (κ2) is 8.75. The highest BCUT2D eigenvalue weighted by Crippen LogP contribution is 2.37. The summed E-state index contributed by atoms with van der Waals surface area (Å²) >= 11 is 0. The van der Waals surface area contributed by atoms with Crippen LogP contribution in [0.1, 0.15) is 16.1 Å². The Morgan fingerprint density at radius 2 is 1.35 bits per heavy atom. The van der Waals surface area contributed by atoms with Gasteiger partial charge < -0.3 is 13.9 Å². The van der Waals surface area contributed by atoms with Gasteiger partial charge >= 0.3 is 0 Å². The van der Waals surface area contributed by atoms with Crippen molar-refractivity contribution in [3.63, 3.8) is 0 Å². The maximum Gasteiger partial charge on any atom is 0.255 e. The van der Waals surface area contributed by atoms with Crippen LogP contribution in [0.25, 0.3) is 22.3 Å². The second-order valence-electron chi connectivity index (χ2n) is 7.72. The lowest BCUT2D eigenvalue weighted by molar-refractivity contribution is 0.103. The van der Waals surface area contributed by atoms with E-state index >= 15 is 0 Å². The van der Waals surface area contributed by atoms with Crippen LogP contribution in [0.2, 0.25) is 0 Å². The number of ether oxygens (including phenoxy) is 2. The Bertz CT molecular complexity index is 1540. The number of carbonyl (C=O) groups excluding carboxylic acids is 1. The summed E-state index contributed by atoms with van der Waals surface area (Å²) in [6.45, 7) is 0. The Morgan fingerprint density at radius 1 is 0.735 bits per heavy atom. The Morgan fingerprint density at radius 3 is 2.00 bits per heavy atom. The van der Waals surface area contributed by atoms with Crippen LogP contribution in [0.15, 0.2) is 102 Å². The van der Waals surface area contributed by atoms with Crippen LogP contribution >= 0.6 is 0 Å². The number of hydrogen-bond acceptors (Lipinski definition) is 4. The van der Waals surface area contributed by atoms with Gasteiger partial charge in [-0.2, -0.15) is 0 Å². The van der Waals surface area contributed by atoms with E-state index < -0.39 is 0 Å². The fourth-order valence-electron chi connectivity index (χ4n) is 4.18. The van der Waals surface area contributed by atoms with Gasteiger partial charge in [0.05, 0.1) is 25.4 Å². The molecular formula is C28H22N2O4. The van der Waals surface area contributed by atoms with Crippen molar-refractivity contribution in [2.75, 3.05) is 14.2 Å². The molecule has 6 nitrogen and oxygen atoms in total. The predicted octanol–water partition coefficient (Wildman–Crippen LogP) is 5.01. The second-order valence-corrected chi connectivity index (χ2v) is 7.72. The van der Waals surface area contributed by atoms with Crippen LogP contribution in [0.5, 0.6) is 11.5 Å². The number of pyridine rings is 2. The van der Waals surface area contributed by atoms with Crippen molar-refractivity contribution < 1.29 is 14.3 Å². The molecule has 5 aromatic rings. The van der Waals surface area contributed by atoms with Gasteiger partial charge in [0.15, 0.2) is 0 Å². The largest absolute Gasteiger partial charge is 0.497 e.